The van der Waals surface area contributed by atoms with Crippen LogP contribution >= 0.6 is 15.9 Å². The van der Waals surface area contributed by atoms with Gasteiger partial charge in [-0.05, 0) is 53.5 Å². The van der Waals surface area contributed by atoms with E-state index in [9.17, 15) is 4.79 Å². The molecule has 0 atom stereocenters. The van der Waals surface area contributed by atoms with Crippen molar-refractivity contribution in [2.45, 2.75) is 13.8 Å². The molecule has 98 valence electrons. The largest absolute Gasteiger partial charge is 0.308 e. The molecule has 3 heteroatoms. The summed E-state index contributed by atoms with van der Waals surface area (Å²) < 4.78 is 0.826. The third-order valence-corrected chi connectivity index (χ3v) is 3.76. The zero-order valence-corrected chi connectivity index (χ0v) is 12.6. The van der Waals surface area contributed by atoms with E-state index in [-0.39, 0.29) is 5.91 Å². The quantitative estimate of drug-likeness (QED) is 0.820. The highest BCUT2D eigenvalue weighted by Gasteiger charge is 2.19. The van der Waals surface area contributed by atoms with Crippen molar-refractivity contribution in [2.75, 3.05) is 11.4 Å². The standard InChI is InChI=1S/C16H16BrNO/c1-3-18(15-11-7-4-8-12(15)2)16(19)13-9-5-6-10-14(13)17/h4-11H,3H2,1-2H3. The van der Waals surface area contributed by atoms with E-state index < -0.39 is 0 Å². The van der Waals surface area contributed by atoms with Crippen LogP contribution in [0.5, 0.6) is 0 Å². The van der Waals surface area contributed by atoms with Gasteiger partial charge in [0.1, 0.15) is 0 Å². The van der Waals surface area contributed by atoms with Gasteiger partial charge in [-0.3, -0.25) is 4.79 Å². The Morgan fingerprint density at radius 3 is 2.37 bits per heavy atom. The Labute approximate surface area is 122 Å². The van der Waals surface area contributed by atoms with Crippen LogP contribution in [0.2, 0.25) is 0 Å². The van der Waals surface area contributed by atoms with Crippen molar-refractivity contribution in [3.8, 4) is 0 Å². The van der Waals surface area contributed by atoms with Crippen molar-refractivity contribution in [1.29, 1.82) is 0 Å². The van der Waals surface area contributed by atoms with E-state index in [1.165, 1.54) is 0 Å². The number of halogens is 1. The lowest BCUT2D eigenvalue weighted by atomic mass is 10.1. The van der Waals surface area contributed by atoms with E-state index in [2.05, 4.69) is 15.9 Å². The van der Waals surface area contributed by atoms with E-state index in [0.717, 1.165) is 15.7 Å². The van der Waals surface area contributed by atoms with E-state index in [1.54, 1.807) is 4.90 Å². The van der Waals surface area contributed by atoms with Gasteiger partial charge in [0, 0.05) is 16.7 Å². The molecule has 0 aliphatic heterocycles. The smallest absolute Gasteiger partial charge is 0.259 e. The Morgan fingerprint density at radius 1 is 1.11 bits per heavy atom. The summed E-state index contributed by atoms with van der Waals surface area (Å²) >= 11 is 3.44. The second-order valence-electron chi connectivity index (χ2n) is 4.32. The number of aryl methyl sites for hydroxylation is 1. The Bertz CT molecular complexity index is 595. The molecule has 0 saturated heterocycles. The fourth-order valence-electron chi connectivity index (χ4n) is 2.07. The van der Waals surface area contributed by atoms with E-state index in [1.807, 2.05) is 62.4 Å². The summed E-state index contributed by atoms with van der Waals surface area (Å²) in [5.41, 5.74) is 2.75. The fraction of sp³-hybridized carbons (Fsp3) is 0.188. The van der Waals surface area contributed by atoms with Crippen LogP contribution in [0.1, 0.15) is 22.8 Å². The minimum absolute atomic E-state index is 0.0178. The van der Waals surface area contributed by atoms with Crippen LogP contribution in [0.4, 0.5) is 5.69 Å². The summed E-state index contributed by atoms with van der Waals surface area (Å²) in [7, 11) is 0. The Morgan fingerprint density at radius 2 is 1.74 bits per heavy atom. The van der Waals surface area contributed by atoms with Crippen LogP contribution in [0.15, 0.2) is 53.0 Å². The van der Waals surface area contributed by atoms with Crippen molar-refractivity contribution in [3.63, 3.8) is 0 Å². The van der Waals surface area contributed by atoms with Gasteiger partial charge in [0.05, 0.1) is 5.56 Å². The van der Waals surface area contributed by atoms with Gasteiger partial charge in [-0.15, -0.1) is 0 Å². The van der Waals surface area contributed by atoms with Crippen molar-refractivity contribution in [3.05, 3.63) is 64.1 Å². The summed E-state index contributed by atoms with van der Waals surface area (Å²) in [6.45, 7) is 4.65. The molecule has 0 aromatic heterocycles. The number of para-hydroxylation sites is 1. The second kappa shape index (κ2) is 6.02. The Balaban J connectivity index is 2.41. The molecule has 0 fully saturated rings. The van der Waals surface area contributed by atoms with Crippen LogP contribution < -0.4 is 4.90 Å². The molecule has 2 rings (SSSR count). The number of rotatable bonds is 3. The van der Waals surface area contributed by atoms with E-state index in [0.29, 0.717) is 12.1 Å². The molecule has 0 aliphatic rings. The third kappa shape index (κ3) is 2.87. The average Bonchev–Trinajstić information content (AvgIpc) is 2.42. The van der Waals surface area contributed by atoms with Gasteiger partial charge in [-0.25, -0.2) is 0 Å². The monoisotopic (exact) mass is 317 g/mol. The molecule has 0 spiro atoms. The van der Waals surface area contributed by atoms with Crippen molar-refractivity contribution >= 4 is 27.5 Å². The normalized spacial score (nSPS) is 10.3. The molecule has 0 heterocycles. The molecule has 0 N–H and O–H groups in total. The summed E-state index contributed by atoms with van der Waals surface area (Å²) in [5.74, 6) is 0.0178. The van der Waals surface area contributed by atoms with Gasteiger partial charge in [-0.2, -0.15) is 0 Å². The first-order valence-electron chi connectivity index (χ1n) is 6.27. The van der Waals surface area contributed by atoms with Gasteiger partial charge in [0.15, 0.2) is 0 Å². The molecule has 0 aliphatic carbocycles. The highest BCUT2D eigenvalue weighted by molar-refractivity contribution is 9.10. The summed E-state index contributed by atoms with van der Waals surface area (Å²) in [6, 6.07) is 15.5. The van der Waals surface area contributed by atoms with Crippen LogP contribution in [0, 0.1) is 6.92 Å². The number of carbonyl (C=O) groups is 1. The summed E-state index contributed by atoms with van der Waals surface area (Å²) in [4.78, 5) is 14.4. The number of hydrogen-bond acceptors (Lipinski definition) is 1. The number of nitrogens with zero attached hydrogens (tertiary/aromatic N) is 1. The number of amides is 1. The highest BCUT2D eigenvalue weighted by Crippen LogP contribution is 2.24. The molecular weight excluding hydrogens is 302 g/mol. The first kappa shape index (κ1) is 13.8. The fourth-order valence-corrected chi connectivity index (χ4v) is 2.52. The molecule has 0 unspecified atom stereocenters. The number of anilines is 1. The maximum atomic E-state index is 12.6. The maximum absolute atomic E-state index is 12.6. The first-order chi connectivity index (χ1) is 9.15. The molecular formula is C16H16BrNO. The molecule has 0 radical (unpaired) electrons. The SMILES string of the molecule is CCN(C(=O)c1ccccc1Br)c1ccccc1C. The predicted molar refractivity (Wildman–Crippen MR) is 82.7 cm³/mol. The van der Waals surface area contributed by atoms with Crippen LogP contribution in [0.3, 0.4) is 0 Å². The molecule has 2 nitrogen and oxygen atoms in total. The van der Waals surface area contributed by atoms with Gasteiger partial charge in [0.25, 0.3) is 5.91 Å². The van der Waals surface area contributed by atoms with Gasteiger partial charge >= 0.3 is 0 Å². The molecule has 0 saturated carbocycles. The van der Waals surface area contributed by atoms with E-state index in [4.69, 9.17) is 0 Å². The van der Waals surface area contributed by atoms with E-state index >= 15 is 0 Å². The van der Waals surface area contributed by atoms with Crippen molar-refractivity contribution < 1.29 is 4.79 Å². The molecule has 1 amide bonds. The Hall–Kier alpha value is -1.61. The highest BCUT2D eigenvalue weighted by atomic mass is 79.9. The second-order valence-corrected chi connectivity index (χ2v) is 5.17. The predicted octanol–water partition coefficient (Wildman–Crippen LogP) is 4.42. The first-order valence-corrected chi connectivity index (χ1v) is 7.06. The lowest BCUT2D eigenvalue weighted by Crippen LogP contribution is -2.31. The van der Waals surface area contributed by atoms with Gasteiger partial charge < -0.3 is 4.90 Å². The van der Waals surface area contributed by atoms with Gasteiger partial charge in [0.2, 0.25) is 0 Å². The minimum Gasteiger partial charge on any atom is -0.308 e. The lowest BCUT2D eigenvalue weighted by Gasteiger charge is -2.23. The lowest BCUT2D eigenvalue weighted by molar-refractivity contribution is 0.0987. The van der Waals surface area contributed by atoms with Crippen LogP contribution in [0.25, 0.3) is 0 Å². The number of carbonyl (C=O) groups excluding carboxylic acids is 1. The van der Waals surface area contributed by atoms with Crippen molar-refractivity contribution in [1.82, 2.24) is 0 Å². The summed E-state index contributed by atoms with van der Waals surface area (Å²) in [6.07, 6.45) is 0. The average molecular weight is 318 g/mol. The van der Waals surface area contributed by atoms with Crippen LogP contribution in [-0.2, 0) is 0 Å². The van der Waals surface area contributed by atoms with Crippen molar-refractivity contribution in [2.24, 2.45) is 0 Å². The zero-order chi connectivity index (χ0) is 13.8. The molecule has 2 aromatic rings. The number of benzene rings is 2. The maximum Gasteiger partial charge on any atom is 0.259 e. The Kier molecular flexibility index (Phi) is 4.38. The van der Waals surface area contributed by atoms with Crippen LogP contribution in [-0.4, -0.2) is 12.5 Å². The van der Waals surface area contributed by atoms with Gasteiger partial charge in [-0.1, -0.05) is 30.3 Å². The molecule has 19 heavy (non-hydrogen) atoms. The zero-order valence-electron chi connectivity index (χ0n) is 11.1. The number of hydrogen-bond donors (Lipinski definition) is 0. The minimum atomic E-state index is 0.0178. The summed E-state index contributed by atoms with van der Waals surface area (Å²) in [5, 5.41) is 0. The molecule has 2 aromatic carbocycles. The third-order valence-electron chi connectivity index (χ3n) is 3.07. The molecule has 0 bridgehead atoms. The topological polar surface area (TPSA) is 20.3 Å².